The van der Waals surface area contributed by atoms with Gasteiger partial charge in [-0.1, -0.05) is 30.3 Å². The van der Waals surface area contributed by atoms with E-state index in [4.69, 9.17) is 10.1 Å². The Bertz CT molecular complexity index is 604. The van der Waals surface area contributed by atoms with Gasteiger partial charge >= 0.3 is 5.97 Å². The number of carbonyl (C=O) groups is 3. The lowest BCUT2D eigenvalue weighted by atomic mass is 10.1. The van der Waals surface area contributed by atoms with Crippen LogP contribution in [0.1, 0.15) is 37.5 Å². The van der Waals surface area contributed by atoms with Gasteiger partial charge in [0.05, 0.1) is 12.3 Å². The first-order valence-electron chi connectivity index (χ1n) is 8.01. The number of ketones is 1. The Balaban J connectivity index is 2.86. The van der Waals surface area contributed by atoms with Crippen LogP contribution in [-0.4, -0.2) is 42.3 Å². The lowest BCUT2D eigenvalue weighted by Crippen LogP contribution is -2.44. The van der Waals surface area contributed by atoms with Crippen molar-refractivity contribution < 1.29 is 19.1 Å². The summed E-state index contributed by atoms with van der Waals surface area (Å²) in [7, 11) is 0. The summed E-state index contributed by atoms with van der Waals surface area (Å²) in [6, 6.07) is 8.33. The number of benzene rings is 1. The van der Waals surface area contributed by atoms with Gasteiger partial charge in [0.15, 0.2) is 5.78 Å². The van der Waals surface area contributed by atoms with Gasteiger partial charge in [-0.15, -0.1) is 11.8 Å². The zero-order chi connectivity index (χ0) is 18.8. The predicted octanol–water partition coefficient (Wildman–Crippen LogP) is 2.53. The maximum Gasteiger partial charge on any atom is 0.328 e. The SMILES string of the molecule is CS[C@H](C(=O)N[C@@H](CCC(=O)C=N)C(=O)OC(C)C)c1ccccc1. The van der Waals surface area contributed by atoms with Crippen LogP contribution in [0.4, 0.5) is 0 Å². The molecule has 2 N–H and O–H groups in total. The van der Waals surface area contributed by atoms with Crippen LogP contribution in [0, 0.1) is 5.41 Å². The molecule has 0 bridgehead atoms. The number of hydrogen-bond acceptors (Lipinski definition) is 6. The van der Waals surface area contributed by atoms with Gasteiger partial charge in [-0.2, -0.15) is 0 Å². The Labute approximate surface area is 152 Å². The van der Waals surface area contributed by atoms with Crippen molar-refractivity contribution in [2.45, 2.75) is 44.1 Å². The van der Waals surface area contributed by atoms with Gasteiger partial charge in [-0.25, -0.2) is 4.79 Å². The molecule has 7 heteroatoms. The number of hydrogen-bond donors (Lipinski definition) is 2. The van der Waals surface area contributed by atoms with Gasteiger partial charge in [0.2, 0.25) is 5.91 Å². The quantitative estimate of drug-likeness (QED) is 0.491. The minimum atomic E-state index is -0.919. The molecule has 0 heterocycles. The molecule has 0 saturated carbocycles. The van der Waals surface area contributed by atoms with E-state index in [2.05, 4.69) is 5.32 Å². The van der Waals surface area contributed by atoms with Crippen LogP contribution in [0.15, 0.2) is 30.3 Å². The van der Waals surface area contributed by atoms with Gasteiger partial charge in [-0.3, -0.25) is 9.59 Å². The molecule has 0 unspecified atom stereocenters. The minimum Gasteiger partial charge on any atom is -0.461 e. The van der Waals surface area contributed by atoms with Crippen molar-refractivity contribution in [3.63, 3.8) is 0 Å². The standard InChI is InChI=1S/C18H24N2O4S/c1-12(2)24-18(23)15(10-9-14(21)11-19)20-17(22)16(25-3)13-7-5-4-6-8-13/h4-8,11-12,15-16,19H,9-10H2,1-3H3,(H,20,22)/t15-,16-/m0/s1. The molecule has 1 aromatic carbocycles. The number of carbonyl (C=O) groups excluding carboxylic acids is 3. The summed E-state index contributed by atoms with van der Waals surface area (Å²) in [6.07, 6.45) is 2.30. The molecule has 0 spiro atoms. The van der Waals surface area contributed by atoms with Crippen LogP contribution in [0.25, 0.3) is 0 Å². The Morgan fingerprint density at radius 3 is 2.40 bits per heavy atom. The van der Waals surface area contributed by atoms with Gasteiger partial charge in [0.25, 0.3) is 0 Å². The zero-order valence-electron chi connectivity index (χ0n) is 14.7. The summed E-state index contributed by atoms with van der Waals surface area (Å²) in [5.74, 6) is -1.29. The number of rotatable bonds is 10. The predicted molar refractivity (Wildman–Crippen MR) is 98.9 cm³/mol. The number of esters is 1. The lowest BCUT2D eigenvalue weighted by molar-refractivity contribution is -0.151. The van der Waals surface area contributed by atoms with Crippen molar-refractivity contribution in [3.8, 4) is 0 Å². The highest BCUT2D eigenvalue weighted by molar-refractivity contribution is 7.99. The fourth-order valence-corrected chi connectivity index (χ4v) is 2.90. The van der Waals surface area contributed by atoms with E-state index < -0.39 is 23.0 Å². The first kappa shape index (κ1) is 20.9. The van der Waals surface area contributed by atoms with Crippen molar-refractivity contribution in [2.24, 2.45) is 0 Å². The Morgan fingerprint density at radius 1 is 1.24 bits per heavy atom. The van der Waals surface area contributed by atoms with E-state index in [0.29, 0.717) is 6.21 Å². The summed E-state index contributed by atoms with van der Waals surface area (Å²) >= 11 is 1.36. The molecule has 0 aliphatic carbocycles. The molecule has 1 rings (SSSR count). The molecule has 1 amide bonds. The molecule has 2 atom stereocenters. The summed E-state index contributed by atoms with van der Waals surface area (Å²) in [6.45, 7) is 3.43. The van der Waals surface area contributed by atoms with Crippen molar-refractivity contribution in [3.05, 3.63) is 35.9 Å². The number of Topliss-reactive ketones (excluding diaryl/α,β-unsaturated/α-hetero) is 1. The summed E-state index contributed by atoms with van der Waals surface area (Å²) in [5.41, 5.74) is 0.832. The first-order valence-corrected chi connectivity index (χ1v) is 9.29. The number of thioether (sulfide) groups is 1. The highest BCUT2D eigenvalue weighted by Gasteiger charge is 2.28. The highest BCUT2D eigenvalue weighted by atomic mass is 32.2. The van der Waals surface area contributed by atoms with Crippen molar-refractivity contribution in [1.82, 2.24) is 5.32 Å². The second-order valence-electron chi connectivity index (χ2n) is 5.72. The summed E-state index contributed by atoms with van der Waals surface area (Å²) < 4.78 is 5.17. The highest BCUT2D eigenvalue weighted by Crippen LogP contribution is 2.26. The van der Waals surface area contributed by atoms with Crippen LogP contribution in [0.5, 0.6) is 0 Å². The van der Waals surface area contributed by atoms with Crippen LogP contribution in [0.2, 0.25) is 0 Å². The van der Waals surface area contributed by atoms with E-state index in [-0.39, 0.29) is 24.9 Å². The van der Waals surface area contributed by atoms with Gasteiger partial charge < -0.3 is 15.5 Å². The third kappa shape index (κ3) is 7.09. The maximum absolute atomic E-state index is 12.6. The van der Waals surface area contributed by atoms with Gasteiger partial charge in [-0.05, 0) is 32.1 Å². The molecule has 0 radical (unpaired) electrons. The average molecular weight is 364 g/mol. The molecule has 0 saturated heterocycles. The Hall–Kier alpha value is -2.15. The first-order chi connectivity index (χ1) is 11.9. The molecule has 25 heavy (non-hydrogen) atoms. The minimum absolute atomic E-state index is 0.00306. The van der Waals surface area contributed by atoms with E-state index in [1.54, 1.807) is 13.8 Å². The van der Waals surface area contributed by atoms with E-state index in [1.165, 1.54) is 11.8 Å². The van der Waals surface area contributed by atoms with Crippen LogP contribution in [-0.2, 0) is 19.1 Å². The Kier molecular flexibility index (Phi) is 8.91. The topological polar surface area (TPSA) is 96.3 Å². The van der Waals surface area contributed by atoms with Crippen molar-refractivity contribution in [2.75, 3.05) is 6.26 Å². The molecule has 136 valence electrons. The molecular weight excluding hydrogens is 340 g/mol. The van der Waals surface area contributed by atoms with E-state index in [1.807, 2.05) is 36.6 Å². The molecule has 0 fully saturated rings. The summed E-state index contributed by atoms with van der Waals surface area (Å²) in [4.78, 5) is 36.2. The number of amides is 1. The third-order valence-electron chi connectivity index (χ3n) is 3.37. The monoisotopic (exact) mass is 364 g/mol. The normalized spacial score (nSPS) is 13.0. The van der Waals surface area contributed by atoms with Crippen LogP contribution >= 0.6 is 11.8 Å². The smallest absolute Gasteiger partial charge is 0.328 e. The van der Waals surface area contributed by atoms with Crippen LogP contribution < -0.4 is 5.32 Å². The molecular formula is C18H24N2O4S. The summed E-state index contributed by atoms with van der Waals surface area (Å²) in [5, 5.41) is 9.17. The second kappa shape index (κ2) is 10.7. The average Bonchev–Trinajstić information content (AvgIpc) is 2.59. The third-order valence-corrected chi connectivity index (χ3v) is 4.33. The van der Waals surface area contributed by atoms with Crippen molar-refractivity contribution >= 4 is 35.6 Å². The largest absolute Gasteiger partial charge is 0.461 e. The molecule has 6 nitrogen and oxygen atoms in total. The zero-order valence-corrected chi connectivity index (χ0v) is 15.5. The molecule has 0 aromatic heterocycles. The lowest BCUT2D eigenvalue weighted by Gasteiger charge is -2.22. The van der Waals surface area contributed by atoms with Gasteiger partial charge in [0, 0.05) is 6.42 Å². The molecule has 1 aromatic rings. The van der Waals surface area contributed by atoms with E-state index in [0.717, 1.165) is 5.56 Å². The number of ether oxygens (including phenoxy) is 1. The molecule has 0 aliphatic rings. The van der Waals surface area contributed by atoms with E-state index >= 15 is 0 Å². The molecule has 0 aliphatic heterocycles. The fourth-order valence-electron chi connectivity index (χ4n) is 2.19. The van der Waals surface area contributed by atoms with E-state index in [9.17, 15) is 14.4 Å². The maximum atomic E-state index is 12.6. The number of nitrogens with one attached hydrogen (secondary N) is 2. The van der Waals surface area contributed by atoms with Gasteiger partial charge in [0.1, 0.15) is 11.3 Å². The fraction of sp³-hybridized carbons (Fsp3) is 0.444. The van der Waals surface area contributed by atoms with Crippen molar-refractivity contribution in [1.29, 1.82) is 5.41 Å². The second-order valence-corrected chi connectivity index (χ2v) is 6.67. The van der Waals surface area contributed by atoms with Crippen LogP contribution in [0.3, 0.4) is 0 Å². The Morgan fingerprint density at radius 2 is 1.88 bits per heavy atom.